The molecule has 66 valence electrons. The summed E-state index contributed by atoms with van der Waals surface area (Å²) >= 11 is 1.25. The molecule has 0 spiro atoms. The molecule has 2 aromatic rings. The van der Waals surface area contributed by atoms with E-state index in [-0.39, 0.29) is 5.69 Å². The van der Waals surface area contributed by atoms with Gasteiger partial charge in [-0.3, -0.25) is 0 Å². The molecule has 0 amide bonds. The Balaban J connectivity index is 2.39. The summed E-state index contributed by atoms with van der Waals surface area (Å²) in [4.78, 5) is 11.7. The number of carbonyl (C=O) groups is 1. The van der Waals surface area contributed by atoms with Crippen LogP contribution in [-0.4, -0.2) is 30.4 Å². The van der Waals surface area contributed by atoms with Gasteiger partial charge in [0, 0.05) is 5.38 Å². The lowest BCUT2D eigenvalue weighted by molar-refractivity contribution is 0.0690. The molecule has 2 rings (SSSR count). The van der Waals surface area contributed by atoms with Gasteiger partial charge in [-0.05, 0) is 11.5 Å². The van der Waals surface area contributed by atoms with Crippen LogP contribution >= 0.6 is 11.5 Å². The van der Waals surface area contributed by atoms with Gasteiger partial charge in [0.15, 0.2) is 5.69 Å². The van der Waals surface area contributed by atoms with Crippen molar-refractivity contribution in [2.24, 2.45) is 0 Å². The van der Waals surface area contributed by atoms with Gasteiger partial charge in [-0.15, -0.1) is 9.90 Å². The van der Waals surface area contributed by atoms with Crippen LogP contribution < -0.4 is 0 Å². The van der Waals surface area contributed by atoms with Gasteiger partial charge in [-0.1, -0.05) is 0 Å². The number of hydrogen-bond donors (Lipinski definition) is 1. The highest BCUT2D eigenvalue weighted by atomic mass is 32.1. The molecule has 0 aliphatic heterocycles. The number of carboxylic acids is 1. The van der Waals surface area contributed by atoms with E-state index in [4.69, 9.17) is 5.11 Å². The summed E-state index contributed by atoms with van der Waals surface area (Å²) in [5, 5.41) is 17.8. The normalized spacial score (nSPS) is 10.2. The molecular weight excluding hydrogens is 192 g/mol. The number of rotatable bonds is 2. The van der Waals surface area contributed by atoms with E-state index in [2.05, 4.69) is 14.6 Å². The lowest BCUT2D eigenvalue weighted by Gasteiger charge is -1.89. The molecule has 2 heterocycles. The fourth-order valence-electron chi connectivity index (χ4n) is 0.784. The summed E-state index contributed by atoms with van der Waals surface area (Å²) in [5.74, 6) is -1.09. The Morgan fingerprint density at radius 3 is 2.92 bits per heavy atom. The lowest BCUT2D eigenvalue weighted by atomic mass is 10.5. The minimum atomic E-state index is -1.09. The summed E-state index contributed by atoms with van der Waals surface area (Å²) < 4.78 is 3.85. The third-order valence-corrected chi connectivity index (χ3v) is 1.94. The first-order valence-corrected chi connectivity index (χ1v) is 4.16. The summed E-state index contributed by atoms with van der Waals surface area (Å²) in [6.45, 7) is 0. The van der Waals surface area contributed by atoms with Crippen LogP contribution in [0.15, 0.2) is 17.8 Å². The Morgan fingerprint density at radius 2 is 2.38 bits per heavy atom. The molecule has 0 unspecified atom stereocenters. The standard InChI is InChI=1S/C6H4N4O2S/c11-6(12)5-2-7-10(9-5)4-1-8-13-3-4/h1-3H,(H,11,12). The molecule has 0 saturated carbocycles. The highest BCUT2D eigenvalue weighted by molar-refractivity contribution is 7.03. The third kappa shape index (κ3) is 1.41. The van der Waals surface area contributed by atoms with Gasteiger partial charge in [0.25, 0.3) is 0 Å². The zero-order chi connectivity index (χ0) is 9.26. The second kappa shape index (κ2) is 2.94. The van der Waals surface area contributed by atoms with Crippen molar-refractivity contribution >= 4 is 17.5 Å². The lowest BCUT2D eigenvalue weighted by Crippen LogP contribution is -2.00. The van der Waals surface area contributed by atoms with E-state index >= 15 is 0 Å². The molecule has 13 heavy (non-hydrogen) atoms. The van der Waals surface area contributed by atoms with Crippen molar-refractivity contribution in [3.05, 3.63) is 23.5 Å². The maximum absolute atomic E-state index is 10.5. The molecule has 1 N–H and O–H groups in total. The zero-order valence-electron chi connectivity index (χ0n) is 6.28. The molecule has 0 aliphatic carbocycles. The molecule has 0 aromatic carbocycles. The Kier molecular flexibility index (Phi) is 1.78. The van der Waals surface area contributed by atoms with Gasteiger partial charge in [-0.2, -0.15) is 9.47 Å². The molecule has 0 radical (unpaired) electrons. The van der Waals surface area contributed by atoms with Crippen LogP contribution in [0.2, 0.25) is 0 Å². The SMILES string of the molecule is O=C(O)c1cnn(-c2cnsc2)n1. The highest BCUT2D eigenvalue weighted by Crippen LogP contribution is 2.06. The van der Waals surface area contributed by atoms with Crippen LogP contribution in [0.1, 0.15) is 10.5 Å². The van der Waals surface area contributed by atoms with Crippen LogP contribution in [0, 0.1) is 0 Å². The topological polar surface area (TPSA) is 80.9 Å². The third-order valence-electron chi connectivity index (χ3n) is 1.36. The van der Waals surface area contributed by atoms with Crippen molar-refractivity contribution in [3.63, 3.8) is 0 Å². The van der Waals surface area contributed by atoms with E-state index in [1.165, 1.54) is 22.5 Å². The van der Waals surface area contributed by atoms with Crippen LogP contribution in [0.5, 0.6) is 0 Å². The smallest absolute Gasteiger partial charge is 0.358 e. The van der Waals surface area contributed by atoms with Crippen molar-refractivity contribution in [1.82, 2.24) is 19.4 Å². The van der Waals surface area contributed by atoms with Gasteiger partial charge in [0.1, 0.15) is 5.69 Å². The minimum absolute atomic E-state index is 0.0776. The van der Waals surface area contributed by atoms with Crippen molar-refractivity contribution in [2.75, 3.05) is 0 Å². The van der Waals surface area contributed by atoms with E-state index in [0.717, 1.165) is 0 Å². The average molecular weight is 196 g/mol. The fourth-order valence-corrected chi connectivity index (χ4v) is 1.28. The first-order valence-electron chi connectivity index (χ1n) is 3.33. The van der Waals surface area contributed by atoms with E-state index in [1.54, 1.807) is 11.6 Å². The Hall–Kier alpha value is -1.76. The average Bonchev–Trinajstić information content (AvgIpc) is 2.75. The molecular formula is C6H4N4O2S. The molecule has 7 heteroatoms. The highest BCUT2D eigenvalue weighted by Gasteiger charge is 2.09. The summed E-state index contributed by atoms with van der Waals surface area (Å²) in [5.41, 5.74) is 0.587. The zero-order valence-corrected chi connectivity index (χ0v) is 7.10. The van der Waals surface area contributed by atoms with Crippen molar-refractivity contribution in [1.29, 1.82) is 0 Å². The monoisotopic (exact) mass is 196 g/mol. The quantitative estimate of drug-likeness (QED) is 0.752. The Morgan fingerprint density at radius 1 is 1.54 bits per heavy atom. The summed E-state index contributed by atoms with van der Waals surface area (Å²) in [6, 6.07) is 0. The second-order valence-corrected chi connectivity index (χ2v) is 2.86. The van der Waals surface area contributed by atoms with Gasteiger partial charge < -0.3 is 5.11 Å². The molecule has 6 nitrogen and oxygen atoms in total. The van der Waals surface area contributed by atoms with Crippen LogP contribution in [0.25, 0.3) is 5.69 Å². The molecule has 0 fully saturated rings. The predicted molar refractivity (Wildman–Crippen MR) is 44.0 cm³/mol. The maximum Gasteiger partial charge on any atom is 0.358 e. The molecule has 0 atom stereocenters. The van der Waals surface area contributed by atoms with E-state index in [9.17, 15) is 4.79 Å². The Labute approximate surface area is 76.6 Å². The van der Waals surface area contributed by atoms with Gasteiger partial charge in [-0.25, -0.2) is 4.79 Å². The predicted octanol–water partition coefficient (Wildman–Crippen LogP) is 0.422. The molecule has 2 aromatic heterocycles. The van der Waals surface area contributed by atoms with Gasteiger partial charge in [0.2, 0.25) is 0 Å². The number of carboxylic acid groups (broad SMARTS) is 1. The van der Waals surface area contributed by atoms with Crippen molar-refractivity contribution in [3.8, 4) is 5.69 Å². The second-order valence-electron chi connectivity index (χ2n) is 2.21. The minimum Gasteiger partial charge on any atom is -0.476 e. The van der Waals surface area contributed by atoms with E-state index in [0.29, 0.717) is 5.69 Å². The first kappa shape index (κ1) is 7.87. The van der Waals surface area contributed by atoms with Gasteiger partial charge in [0.05, 0.1) is 12.4 Å². The molecule has 0 bridgehead atoms. The van der Waals surface area contributed by atoms with Crippen molar-refractivity contribution < 1.29 is 9.90 Å². The number of hydrogen-bond acceptors (Lipinski definition) is 5. The van der Waals surface area contributed by atoms with E-state index in [1.807, 2.05) is 0 Å². The number of aromatic nitrogens is 4. The summed E-state index contributed by atoms with van der Waals surface area (Å²) in [7, 11) is 0. The van der Waals surface area contributed by atoms with Crippen LogP contribution in [0.4, 0.5) is 0 Å². The number of nitrogens with zero attached hydrogens (tertiary/aromatic N) is 4. The first-order chi connectivity index (χ1) is 6.27. The largest absolute Gasteiger partial charge is 0.476 e. The molecule has 0 aliphatic rings. The van der Waals surface area contributed by atoms with Crippen molar-refractivity contribution in [2.45, 2.75) is 0 Å². The van der Waals surface area contributed by atoms with Crippen LogP contribution in [-0.2, 0) is 0 Å². The van der Waals surface area contributed by atoms with Crippen LogP contribution in [0.3, 0.4) is 0 Å². The fraction of sp³-hybridized carbons (Fsp3) is 0. The van der Waals surface area contributed by atoms with Gasteiger partial charge >= 0.3 is 5.97 Å². The summed E-state index contributed by atoms with van der Waals surface area (Å²) in [6.07, 6.45) is 2.76. The Bertz CT molecular complexity index is 422. The molecule has 0 saturated heterocycles. The van der Waals surface area contributed by atoms with E-state index < -0.39 is 5.97 Å². The maximum atomic E-state index is 10.5. The number of aromatic carboxylic acids is 1.